The van der Waals surface area contributed by atoms with Crippen LogP contribution in [-0.4, -0.2) is 130 Å². The Morgan fingerprint density at radius 3 is 1.85 bits per heavy atom. The number of carboxylic acid groups (broad SMARTS) is 2. The zero-order chi connectivity index (χ0) is 18.6. The number of carbonyl (C=O) groups excluding carboxylic acids is 1. The van der Waals surface area contributed by atoms with Crippen molar-refractivity contribution >= 4 is 132 Å². The van der Waals surface area contributed by atoms with Gasteiger partial charge in [0.15, 0.2) is 11.5 Å². The number of hydrogen-bond acceptors (Lipinski definition) is 9. The van der Waals surface area contributed by atoms with Crippen LogP contribution in [0.25, 0.3) is 0 Å². The fourth-order valence-corrected chi connectivity index (χ4v) is 1.53. The second-order valence-electron chi connectivity index (χ2n) is 4.43. The Morgan fingerprint density at radius 2 is 1.42 bits per heavy atom. The number of nitrogens with two attached hydrogens (primary N) is 4. The zero-order valence-electron chi connectivity index (χ0n) is 12.1. The van der Waals surface area contributed by atoms with Crippen LogP contribution in [0.3, 0.4) is 0 Å². The Hall–Kier alpha value is -0.617. The van der Waals surface area contributed by atoms with E-state index >= 15 is 0 Å². The van der Waals surface area contributed by atoms with Crippen LogP contribution in [0.2, 0.25) is 0 Å². The Bertz CT molecular complexity index is 752. The monoisotopic (exact) mass is 417 g/mol. The number of carbonyl (C=O) groups is 2. The molecule has 2 rings (SSSR count). The number of hydrogen-bond donors (Lipinski definition) is 7. The van der Waals surface area contributed by atoms with Gasteiger partial charge in [-0.1, -0.05) is 0 Å². The van der Waals surface area contributed by atoms with Gasteiger partial charge in [0, 0.05) is 11.6 Å². The summed E-state index contributed by atoms with van der Waals surface area (Å²) in [7, 11) is 0. The number of rotatable bonds is 2. The molecule has 0 fully saturated rings. The summed E-state index contributed by atoms with van der Waals surface area (Å²) in [5.74, 6) is 0.458. The van der Waals surface area contributed by atoms with Crippen LogP contribution in [0.15, 0.2) is 24.4 Å². The van der Waals surface area contributed by atoms with Crippen LogP contribution in [0.4, 0.5) is 17.2 Å². The maximum atomic E-state index is 10.4. The average molecular weight is 418 g/mol. The molecule has 0 amide bonds. The maximum absolute atomic E-state index is 10.4. The molecular formula is C13H17K2N5O6. The summed E-state index contributed by atoms with van der Waals surface area (Å²) in [6, 6.07) is 3.29. The van der Waals surface area contributed by atoms with Crippen LogP contribution in [0.5, 0.6) is 11.5 Å². The van der Waals surface area contributed by atoms with Gasteiger partial charge in [-0.15, -0.1) is 4.68 Å². The van der Waals surface area contributed by atoms with Gasteiger partial charge in [0.1, 0.15) is 17.4 Å². The molecule has 2 aromatic rings. The number of anilines is 3. The summed E-state index contributed by atoms with van der Waals surface area (Å²) in [6.07, 6.45) is 1.54. The van der Waals surface area contributed by atoms with Crippen molar-refractivity contribution in [3.05, 3.63) is 35.5 Å². The second kappa shape index (κ2) is 12.0. The molecule has 0 unspecified atom stereocenters. The van der Waals surface area contributed by atoms with Crippen molar-refractivity contribution in [1.82, 2.24) is 0 Å². The molecule has 132 valence electrons. The van der Waals surface area contributed by atoms with Gasteiger partial charge in [-0.25, -0.2) is 4.79 Å². The van der Waals surface area contributed by atoms with Gasteiger partial charge in [-0.2, -0.15) is 0 Å². The Labute approximate surface area is 232 Å². The van der Waals surface area contributed by atoms with Gasteiger partial charge in [0.25, 0.3) is 0 Å². The van der Waals surface area contributed by atoms with Crippen LogP contribution >= 0.6 is 0 Å². The molecule has 1 aromatic carbocycles. The van der Waals surface area contributed by atoms with Crippen molar-refractivity contribution in [2.75, 3.05) is 23.0 Å². The Morgan fingerprint density at radius 1 is 0.962 bits per heavy atom. The number of aromatic carboxylic acids is 2. The van der Waals surface area contributed by atoms with E-state index in [0.717, 1.165) is 12.1 Å². The fourth-order valence-electron chi connectivity index (χ4n) is 1.53. The molecule has 0 spiro atoms. The molecule has 0 saturated carbocycles. The summed E-state index contributed by atoms with van der Waals surface area (Å²) in [5.41, 5.74) is 15.8. The molecule has 1 heterocycles. The quantitative estimate of drug-likeness (QED) is 0.109. The number of aromatic hydroxyl groups is 2. The molecular weight excluding hydrogens is 400 g/mol. The first kappa shape index (κ1) is 27.6. The molecule has 11 N–H and O–H groups in total. The summed E-state index contributed by atoms with van der Waals surface area (Å²) < 4.78 is 1.21. The summed E-state index contributed by atoms with van der Waals surface area (Å²) >= 11 is 0. The zero-order valence-corrected chi connectivity index (χ0v) is 12.1. The van der Waals surface area contributed by atoms with Crippen molar-refractivity contribution in [2.24, 2.45) is 0 Å². The van der Waals surface area contributed by atoms with Crippen molar-refractivity contribution in [1.29, 1.82) is 0 Å². The van der Waals surface area contributed by atoms with Crippen LogP contribution in [0.1, 0.15) is 20.7 Å². The minimum atomic E-state index is -1.70. The van der Waals surface area contributed by atoms with Gasteiger partial charge >= 0.3 is 115 Å². The average Bonchev–Trinajstić information content (AvgIpc) is 2.51. The van der Waals surface area contributed by atoms with Gasteiger partial charge in [0.2, 0.25) is 0 Å². The summed E-state index contributed by atoms with van der Waals surface area (Å²) in [4.78, 5) is 20.7. The molecule has 13 heteroatoms. The molecule has 0 atom stereocenters. The van der Waals surface area contributed by atoms with Gasteiger partial charge in [-0.3, -0.25) is 11.6 Å². The molecule has 0 bridgehead atoms. The third kappa shape index (κ3) is 6.84. The fraction of sp³-hybridized carbons (Fsp3) is 0. The number of carboxylic acids is 2. The van der Waals surface area contributed by atoms with E-state index < -0.39 is 34.6 Å². The van der Waals surface area contributed by atoms with Gasteiger partial charge < -0.3 is 36.7 Å². The predicted molar refractivity (Wildman–Crippen MR) is 95.4 cm³/mol. The van der Waals surface area contributed by atoms with E-state index in [1.165, 1.54) is 4.68 Å². The first-order valence-corrected chi connectivity index (χ1v) is 6.17. The topological polar surface area (TPSA) is 226 Å². The third-order valence-corrected chi connectivity index (χ3v) is 2.88. The number of benzene rings is 1. The number of nitrogen functional groups attached to an aromatic ring is 4. The van der Waals surface area contributed by atoms with E-state index in [1.54, 1.807) is 12.3 Å². The molecule has 11 nitrogen and oxygen atoms in total. The third-order valence-electron chi connectivity index (χ3n) is 2.88. The van der Waals surface area contributed by atoms with Gasteiger partial charge in [-0.05, 0) is 12.1 Å². The first-order valence-electron chi connectivity index (χ1n) is 6.17. The molecule has 26 heavy (non-hydrogen) atoms. The Kier molecular flexibility index (Phi) is 12.7. The summed E-state index contributed by atoms with van der Waals surface area (Å²) in [5, 5.41) is 37.0. The summed E-state index contributed by atoms with van der Waals surface area (Å²) in [6.45, 7) is 0. The molecule has 1 aromatic heterocycles. The molecule has 0 aliphatic heterocycles. The number of aromatic nitrogens is 1. The SMILES string of the molecule is Nc1cc[n+](N)c(N)c1N.O=C([O-])c1ccc(C(=O)O)c(O)c1O.[KH].[KH]. The first-order chi connectivity index (χ1) is 11.1. The van der Waals surface area contributed by atoms with E-state index in [1.807, 2.05) is 0 Å². The standard InChI is InChI=1S/C8H6O6.C5H9N5.2K.2H/c9-5-3(7(11)12)1-2-4(6(5)10)8(13)14;6-3-1-2-10(9)5(8)4(3)7;;;;/h1-2,9-10H,(H,11,12)(H,13,14);1-2H,7,9H2,(H3,6,8);;;;. The molecule has 0 saturated heterocycles. The Balaban J connectivity index is 0. The van der Waals surface area contributed by atoms with Crippen molar-refractivity contribution in [2.45, 2.75) is 0 Å². The van der Waals surface area contributed by atoms with Crippen LogP contribution in [0, 0.1) is 0 Å². The number of phenols is 2. The van der Waals surface area contributed by atoms with Crippen molar-refractivity contribution < 1.29 is 34.7 Å². The van der Waals surface area contributed by atoms with Gasteiger partial charge in [0.05, 0.1) is 11.7 Å². The second-order valence-corrected chi connectivity index (χ2v) is 4.43. The molecule has 0 aliphatic rings. The van der Waals surface area contributed by atoms with E-state index in [0.29, 0.717) is 11.4 Å². The molecule has 0 aliphatic carbocycles. The molecule has 0 radical (unpaired) electrons. The van der Waals surface area contributed by atoms with Crippen LogP contribution < -0.4 is 32.8 Å². The normalized spacial score (nSPS) is 8.92. The van der Waals surface area contributed by atoms with E-state index in [9.17, 15) is 14.7 Å². The predicted octanol–water partition coefficient (Wildman–Crippen LogP) is -3.70. The minimum absolute atomic E-state index is 0. The van der Waals surface area contributed by atoms with Crippen LogP contribution in [-0.2, 0) is 0 Å². The van der Waals surface area contributed by atoms with E-state index in [4.69, 9.17) is 38.4 Å². The van der Waals surface area contributed by atoms with Crippen molar-refractivity contribution in [3.63, 3.8) is 0 Å². The van der Waals surface area contributed by atoms with Crippen molar-refractivity contribution in [3.8, 4) is 11.5 Å². The number of pyridine rings is 1. The van der Waals surface area contributed by atoms with E-state index in [2.05, 4.69) is 0 Å². The van der Waals surface area contributed by atoms with E-state index in [-0.39, 0.29) is 109 Å². The number of nitrogens with zero attached hydrogens (tertiary/aromatic N) is 1.